The highest BCUT2D eigenvalue weighted by molar-refractivity contribution is 6.33. The van der Waals surface area contributed by atoms with Gasteiger partial charge in [0.2, 0.25) is 0 Å². The summed E-state index contributed by atoms with van der Waals surface area (Å²) in [5.74, 6) is 6.81. The number of hydrogen-bond acceptors (Lipinski definition) is 7. The van der Waals surface area contributed by atoms with Gasteiger partial charge in [-0.2, -0.15) is 5.10 Å². The van der Waals surface area contributed by atoms with Crippen molar-refractivity contribution in [3.8, 4) is 11.5 Å². The molecule has 0 bridgehead atoms. The smallest absolute Gasteiger partial charge is 0.181 e. The highest BCUT2D eigenvalue weighted by Gasteiger charge is 2.18. The van der Waals surface area contributed by atoms with Crippen LogP contribution in [0.3, 0.4) is 0 Å². The number of nitrogens with one attached hydrogen (secondary N) is 1. The largest absolute Gasteiger partial charge is 0.453 e. The lowest BCUT2D eigenvalue weighted by molar-refractivity contribution is 0.112. The number of ether oxygens (including phenoxy) is 1. The first-order valence-corrected chi connectivity index (χ1v) is 10.5. The molecule has 4 rings (SSSR count). The summed E-state index contributed by atoms with van der Waals surface area (Å²) < 4.78 is 5.85. The minimum absolute atomic E-state index is 0.208. The van der Waals surface area contributed by atoms with Gasteiger partial charge < -0.3 is 15.5 Å². The van der Waals surface area contributed by atoms with Gasteiger partial charge in [-0.25, -0.2) is 10.8 Å². The Labute approximate surface area is 195 Å². The Hall–Kier alpha value is -3.33. The molecule has 0 aliphatic carbocycles. The van der Waals surface area contributed by atoms with E-state index in [9.17, 15) is 4.79 Å². The predicted molar refractivity (Wildman–Crippen MR) is 128 cm³/mol. The molecule has 0 atom stereocenters. The number of benzene rings is 2. The van der Waals surface area contributed by atoms with E-state index in [-0.39, 0.29) is 16.5 Å². The number of pyridine rings is 1. The molecule has 2 aromatic carbocycles. The molecule has 0 spiro atoms. The fourth-order valence-electron chi connectivity index (χ4n) is 3.02. The number of aromatic nitrogens is 3. The normalized spacial score (nSPS) is 10.4. The topological polar surface area (TPSA) is 123 Å². The summed E-state index contributed by atoms with van der Waals surface area (Å²) in [6.45, 7) is 4.29. The number of fused-ring (bicyclic) bond motifs is 1. The van der Waals surface area contributed by atoms with Crippen LogP contribution < -0.4 is 21.3 Å². The maximum atomic E-state index is 11.1. The van der Waals surface area contributed by atoms with E-state index in [2.05, 4.69) is 15.2 Å². The van der Waals surface area contributed by atoms with Crippen molar-refractivity contribution in [2.75, 3.05) is 10.7 Å². The van der Waals surface area contributed by atoms with E-state index in [4.69, 9.17) is 39.5 Å². The van der Waals surface area contributed by atoms with Gasteiger partial charge in [-0.3, -0.25) is 9.89 Å². The number of H-pyrrole nitrogens is 1. The molecule has 0 aliphatic rings. The molecule has 32 heavy (non-hydrogen) atoms. The van der Waals surface area contributed by atoms with E-state index in [1.54, 1.807) is 24.4 Å². The number of aromatic amines is 1. The van der Waals surface area contributed by atoms with Gasteiger partial charge in [-0.05, 0) is 42.5 Å². The van der Waals surface area contributed by atoms with E-state index >= 15 is 0 Å². The van der Waals surface area contributed by atoms with Gasteiger partial charge >= 0.3 is 0 Å². The van der Waals surface area contributed by atoms with Gasteiger partial charge in [0.1, 0.15) is 17.7 Å². The Bertz CT molecular complexity index is 1240. The fraction of sp³-hybridized carbons (Fsp3) is 0.136. The van der Waals surface area contributed by atoms with Crippen LogP contribution in [-0.4, -0.2) is 21.5 Å². The summed E-state index contributed by atoms with van der Waals surface area (Å²) in [4.78, 5) is 15.3. The SMILES string of the molecule is CC.Nc1c(N(N)Cc2[nH]nc3ncccc23)ccc(Cl)c1Oc1cc(Cl)cc(C=O)c1. The third-order valence-corrected chi connectivity index (χ3v) is 4.94. The summed E-state index contributed by atoms with van der Waals surface area (Å²) in [6, 6.07) is 11.7. The maximum absolute atomic E-state index is 11.1. The molecular formula is C22H22Cl2N6O2. The van der Waals surface area contributed by atoms with Crippen molar-refractivity contribution < 1.29 is 9.53 Å². The van der Waals surface area contributed by atoms with Gasteiger partial charge in [0, 0.05) is 22.2 Å². The van der Waals surface area contributed by atoms with Crippen molar-refractivity contribution >= 4 is 51.9 Å². The molecule has 10 heteroatoms. The Kier molecular flexibility index (Phi) is 7.53. The first-order valence-electron chi connectivity index (χ1n) is 9.78. The number of anilines is 2. The molecule has 4 aromatic rings. The van der Waals surface area contributed by atoms with Crippen LogP contribution in [0.15, 0.2) is 48.7 Å². The molecule has 5 N–H and O–H groups in total. The number of nitrogens with two attached hydrogens (primary N) is 2. The average Bonchev–Trinajstić information content (AvgIpc) is 3.20. The Balaban J connectivity index is 0.00000141. The summed E-state index contributed by atoms with van der Waals surface area (Å²) in [5.41, 5.74) is 8.79. The van der Waals surface area contributed by atoms with Gasteiger partial charge in [-0.1, -0.05) is 37.0 Å². The monoisotopic (exact) mass is 472 g/mol. The highest BCUT2D eigenvalue weighted by Crippen LogP contribution is 2.41. The van der Waals surface area contributed by atoms with Gasteiger partial charge in [-0.15, -0.1) is 0 Å². The first kappa shape index (κ1) is 23.3. The van der Waals surface area contributed by atoms with Gasteiger partial charge in [0.05, 0.1) is 22.9 Å². The minimum atomic E-state index is 0.208. The highest BCUT2D eigenvalue weighted by atomic mass is 35.5. The van der Waals surface area contributed by atoms with Crippen molar-refractivity contribution in [3.63, 3.8) is 0 Å². The van der Waals surface area contributed by atoms with Crippen LogP contribution in [0.25, 0.3) is 11.0 Å². The molecule has 0 amide bonds. The summed E-state index contributed by atoms with van der Waals surface area (Å²) in [7, 11) is 0. The Morgan fingerprint density at radius 2 is 1.97 bits per heavy atom. The van der Waals surface area contributed by atoms with E-state index in [0.29, 0.717) is 40.5 Å². The summed E-state index contributed by atoms with van der Waals surface area (Å²) in [5, 5.41) is 10.0. The van der Waals surface area contributed by atoms with Crippen molar-refractivity contribution in [2.45, 2.75) is 20.4 Å². The number of nitrogens with zero attached hydrogens (tertiary/aromatic N) is 3. The molecule has 0 unspecified atom stereocenters. The van der Waals surface area contributed by atoms with Gasteiger partial charge in [0.15, 0.2) is 11.4 Å². The quantitative estimate of drug-likeness (QED) is 0.149. The second-order valence-electron chi connectivity index (χ2n) is 6.45. The van der Waals surface area contributed by atoms with E-state index < -0.39 is 0 Å². The van der Waals surface area contributed by atoms with Gasteiger partial charge in [0.25, 0.3) is 0 Å². The predicted octanol–water partition coefficient (Wildman–Crippen LogP) is 5.36. The Morgan fingerprint density at radius 3 is 2.72 bits per heavy atom. The maximum Gasteiger partial charge on any atom is 0.181 e. The van der Waals surface area contributed by atoms with Crippen LogP contribution in [0.1, 0.15) is 29.9 Å². The van der Waals surface area contributed by atoms with Crippen LogP contribution in [0.4, 0.5) is 11.4 Å². The number of rotatable bonds is 6. The van der Waals surface area contributed by atoms with Crippen LogP contribution in [-0.2, 0) is 6.54 Å². The molecule has 0 aliphatic heterocycles. The van der Waals surface area contributed by atoms with Crippen molar-refractivity contribution in [1.29, 1.82) is 0 Å². The lowest BCUT2D eigenvalue weighted by Crippen LogP contribution is -2.31. The second kappa shape index (κ2) is 10.3. The number of carbonyl (C=O) groups excluding carboxylic acids is 1. The first-order chi connectivity index (χ1) is 15.5. The van der Waals surface area contributed by atoms with Crippen LogP contribution in [0.2, 0.25) is 10.0 Å². The number of aldehydes is 1. The number of halogens is 2. The zero-order chi connectivity index (χ0) is 23.3. The van der Waals surface area contributed by atoms with E-state index in [1.165, 1.54) is 17.1 Å². The lowest BCUT2D eigenvalue weighted by atomic mass is 10.2. The number of hydrogen-bond donors (Lipinski definition) is 3. The van der Waals surface area contributed by atoms with E-state index in [0.717, 1.165) is 11.1 Å². The molecule has 2 aromatic heterocycles. The summed E-state index contributed by atoms with van der Waals surface area (Å²) in [6.07, 6.45) is 2.34. The van der Waals surface area contributed by atoms with Crippen molar-refractivity contribution in [1.82, 2.24) is 15.2 Å². The van der Waals surface area contributed by atoms with Crippen molar-refractivity contribution in [3.05, 3.63) is 70.0 Å². The van der Waals surface area contributed by atoms with Crippen LogP contribution in [0, 0.1) is 0 Å². The summed E-state index contributed by atoms with van der Waals surface area (Å²) >= 11 is 12.3. The van der Waals surface area contributed by atoms with Crippen LogP contribution in [0.5, 0.6) is 11.5 Å². The average molecular weight is 473 g/mol. The molecule has 166 valence electrons. The Morgan fingerprint density at radius 1 is 1.19 bits per heavy atom. The molecule has 8 nitrogen and oxygen atoms in total. The van der Waals surface area contributed by atoms with E-state index in [1.807, 2.05) is 26.0 Å². The third kappa shape index (κ3) is 4.94. The van der Waals surface area contributed by atoms with Crippen molar-refractivity contribution in [2.24, 2.45) is 5.84 Å². The lowest BCUT2D eigenvalue weighted by Gasteiger charge is -2.22. The molecule has 2 heterocycles. The molecule has 0 saturated heterocycles. The zero-order valence-electron chi connectivity index (χ0n) is 17.5. The number of nitrogen functional groups attached to an aromatic ring is 1. The molecule has 0 fully saturated rings. The molecule has 0 radical (unpaired) electrons. The number of carbonyl (C=O) groups is 1. The minimum Gasteiger partial charge on any atom is -0.453 e. The zero-order valence-corrected chi connectivity index (χ0v) is 19.0. The molecule has 0 saturated carbocycles. The third-order valence-electron chi connectivity index (χ3n) is 4.42. The fourth-order valence-corrected chi connectivity index (χ4v) is 3.46. The molecular weight excluding hydrogens is 451 g/mol. The standard InChI is InChI=1S/C20H16Cl2N6O2.C2H6/c21-12-6-11(10-29)7-13(8-12)30-19-15(22)3-4-17(18(19)23)28(24)9-16-14-2-1-5-25-20(14)27-26-16;1-2/h1-8,10H,9,23-24H2,(H,25,26,27);1-2H3. The number of hydrazine groups is 1. The van der Waals surface area contributed by atoms with Crippen LogP contribution >= 0.6 is 23.2 Å². The second-order valence-corrected chi connectivity index (χ2v) is 7.30.